The number of hydrogen-bond acceptors (Lipinski definition) is 3. The van der Waals surface area contributed by atoms with Crippen LogP contribution in [0.5, 0.6) is 0 Å². The van der Waals surface area contributed by atoms with Gasteiger partial charge in [0.2, 0.25) is 0 Å². The molecule has 1 saturated heterocycles. The van der Waals surface area contributed by atoms with Gasteiger partial charge >= 0.3 is 0 Å². The molecule has 0 aromatic carbocycles. The Labute approximate surface area is 84.1 Å². The van der Waals surface area contributed by atoms with Crippen molar-refractivity contribution in [1.82, 2.24) is 15.3 Å². The van der Waals surface area contributed by atoms with Crippen molar-refractivity contribution in [2.45, 2.75) is 19.4 Å². The summed E-state index contributed by atoms with van der Waals surface area (Å²) in [7, 11) is 0. The Morgan fingerprint density at radius 1 is 1.64 bits per heavy atom. The lowest BCUT2D eigenvalue weighted by Gasteiger charge is -2.21. The summed E-state index contributed by atoms with van der Waals surface area (Å²) in [5.41, 5.74) is 0. The fourth-order valence-electron chi connectivity index (χ4n) is 1.76. The molecular formula is C10H17N3O. The van der Waals surface area contributed by atoms with Crippen LogP contribution in [0.25, 0.3) is 0 Å². The number of ether oxygens (including phenoxy) is 1. The largest absolute Gasteiger partial charge is 0.381 e. The summed E-state index contributed by atoms with van der Waals surface area (Å²) in [6, 6.07) is 0. The van der Waals surface area contributed by atoms with E-state index in [0.29, 0.717) is 5.92 Å². The van der Waals surface area contributed by atoms with E-state index in [1.807, 2.05) is 6.20 Å². The number of aromatic nitrogens is 2. The van der Waals surface area contributed by atoms with Crippen molar-refractivity contribution in [3.8, 4) is 0 Å². The van der Waals surface area contributed by atoms with Crippen molar-refractivity contribution in [2.75, 3.05) is 19.8 Å². The average Bonchev–Trinajstić information content (AvgIpc) is 2.72. The van der Waals surface area contributed by atoms with E-state index in [1.54, 1.807) is 6.20 Å². The van der Waals surface area contributed by atoms with Gasteiger partial charge in [-0.3, -0.25) is 0 Å². The highest BCUT2D eigenvalue weighted by atomic mass is 16.5. The molecule has 2 N–H and O–H groups in total. The van der Waals surface area contributed by atoms with E-state index >= 15 is 0 Å². The minimum atomic E-state index is 0.679. The summed E-state index contributed by atoms with van der Waals surface area (Å²) < 4.78 is 5.41. The van der Waals surface area contributed by atoms with Crippen LogP contribution in [0, 0.1) is 5.92 Å². The minimum Gasteiger partial charge on any atom is -0.381 e. The number of rotatable bonds is 4. The molecule has 1 aromatic rings. The molecule has 0 saturated carbocycles. The van der Waals surface area contributed by atoms with Crippen LogP contribution in [0.2, 0.25) is 0 Å². The second kappa shape index (κ2) is 5.12. The normalized spacial score (nSPS) is 22.4. The third-order valence-electron chi connectivity index (χ3n) is 2.53. The second-order valence-electron chi connectivity index (χ2n) is 3.75. The maximum atomic E-state index is 5.41. The van der Waals surface area contributed by atoms with Gasteiger partial charge in [0, 0.05) is 25.5 Å². The fourth-order valence-corrected chi connectivity index (χ4v) is 1.76. The summed E-state index contributed by atoms with van der Waals surface area (Å²) in [4.78, 5) is 7.22. The molecule has 4 nitrogen and oxygen atoms in total. The van der Waals surface area contributed by atoms with Crippen LogP contribution in [0.1, 0.15) is 18.7 Å². The molecule has 1 aromatic heterocycles. The Morgan fingerprint density at radius 2 is 2.64 bits per heavy atom. The molecule has 1 aliphatic heterocycles. The molecule has 1 fully saturated rings. The SMILES string of the molecule is c1c[nH]c(CNCC2CCCOC2)n1. The highest BCUT2D eigenvalue weighted by molar-refractivity contribution is 4.86. The zero-order valence-electron chi connectivity index (χ0n) is 8.33. The summed E-state index contributed by atoms with van der Waals surface area (Å²) in [6.45, 7) is 3.70. The lowest BCUT2D eigenvalue weighted by atomic mass is 10.0. The van der Waals surface area contributed by atoms with Gasteiger partial charge in [0.15, 0.2) is 0 Å². The minimum absolute atomic E-state index is 0.679. The Balaban J connectivity index is 1.62. The molecule has 0 spiro atoms. The zero-order valence-corrected chi connectivity index (χ0v) is 8.33. The van der Waals surface area contributed by atoms with Gasteiger partial charge in [0.05, 0.1) is 13.2 Å². The van der Waals surface area contributed by atoms with Crippen molar-refractivity contribution in [2.24, 2.45) is 5.92 Å². The van der Waals surface area contributed by atoms with Crippen LogP contribution >= 0.6 is 0 Å². The highest BCUT2D eigenvalue weighted by Crippen LogP contribution is 2.12. The van der Waals surface area contributed by atoms with Crippen molar-refractivity contribution >= 4 is 0 Å². The van der Waals surface area contributed by atoms with Crippen molar-refractivity contribution in [3.05, 3.63) is 18.2 Å². The van der Waals surface area contributed by atoms with Crippen molar-refractivity contribution in [1.29, 1.82) is 0 Å². The highest BCUT2D eigenvalue weighted by Gasteiger charge is 2.12. The Hall–Kier alpha value is -0.870. The van der Waals surface area contributed by atoms with Gasteiger partial charge in [-0.1, -0.05) is 0 Å². The van der Waals surface area contributed by atoms with Crippen LogP contribution in [0.15, 0.2) is 12.4 Å². The first-order valence-electron chi connectivity index (χ1n) is 5.22. The lowest BCUT2D eigenvalue weighted by molar-refractivity contribution is 0.0547. The standard InChI is InChI=1S/C10H17N3O/c1-2-9(8-14-5-1)6-11-7-10-12-3-4-13-10/h3-4,9,11H,1-2,5-8H2,(H,12,13). The second-order valence-corrected chi connectivity index (χ2v) is 3.75. The van der Waals surface area contributed by atoms with Crippen LogP contribution in [-0.4, -0.2) is 29.7 Å². The molecule has 0 radical (unpaired) electrons. The van der Waals surface area contributed by atoms with Gasteiger partial charge in [0.1, 0.15) is 5.82 Å². The van der Waals surface area contributed by atoms with Crippen molar-refractivity contribution < 1.29 is 4.74 Å². The quantitative estimate of drug-likeness (QED) is 0.751. The first-order valence-corrected chi connectivity index (χ1v) is 5.22. The molecule has 4 heteroatoms. The summed E-state index contributed by atoms with van der Waals surface area (Å²) >= 11 is 0. The molecule has 14 heavy (non-hydrogen) atoms. The van der Waals surface area contributed by atoms with E-state index in [0.717, 1.165) is 32.1 Å². The summed E-state index contributed by atoms with van der Waals surface area (Å²) in [5.74, 6) is 1.68. The van der Waals surface area contributed by atoms with Crippen LogP contribution in [0.4, 0.5) is 0 Å². The van der Waals surface area contributed by atoms with Crippen LogP contribution in [-0.2, 0) is 11.3 Å². The maximum Gasteiger partial charge on any atom is 0.120 e. The predicted octanol–water partition coefficient (Wildman–Crippen LogP) is 0.926. The van der Waals surface area contributed by atoms with Gasteiger partial charge in [-0.2, -0.15) is 0 Å². The molecule has 1 unspecified atom stereocenters. The average molecular weight is 195 g/mol. The van der Waals surface area contributed by atoms with Gasteiger partial charge in [-0.15, -0.1) is 0 Å². The van der Waals surface area contributed by atoms with E-state index in [-0.39, 0.29) is 0 Å². The Morgan fingerprint density at radius 3 is 3.36 bits per heavy atom. The summed E-state index contributed by atoms with van der Waals surface area (Å²) in [6.07, 6.45) is 6.11. The van der Waals surface area contributed by atoms with Gasteiger partial charge in [-0.05, 0) is 18.8 Å². The first-order chi connectivity index (χ1) is 6.95. The number of hydrogen-bond donors (Lipinski definition) is 2. The fraction of sp³-hybridized carbons (Fsp3) is 0.700. The van der Waals surface area contributed by atoms with Gasteiger partial charge in [0.25, 0.3) is 0 Å². The number of nitrogens with zero attached hydrogens (tertiary/aromatic N) is 1. The third-order valence-corrected chi connectivity index (χ3v) is 2.53. The Kier molecular flexibility index (Phi) is 3.54. The molecule has 78 valence electrons. The molecular weight excluding hydrogens is 178 g/mol. The maximum absolute atomic E-state index is 5.41. The Bertz CT molecular complexity index is 242. The smallest absolute Gasteiger partial charge is 0.120 e. The molecule has 0 bridgehead atoms. The number of aromatic amines is 1. The molecule has 2 heterocycles. The van der Waals surface area contributed by atoms with Crippen molar-refractivity contribution in [3.63, 3.8) is 0 Å². The van der Waals surface area contributed by atoms with E-state index in [1.165, 1.54) is 12.8 Å². The van der Waals surface area contributed by atoms with E-state index in [2.05, 4.69) is 15.3 Å². The topological polar surface area (TPSA) is 49.9 Å². The number of nitrogens with one attached hydrogen (secondary N) is 2. The van der Waals surface area contributed by atoms with Crippen LogP contribution < -0.4 is 5.32 Å². The molecule has 0 amide bonds. The van der Waals surface area contributed by atoms with Gasteiger partial charge in [-0.25, -0.2) is 4.98 Å². The molecule has 1 aliphatic rings. The first kappa shape index (κ1) is 9.68. The molecule has 1 atom stereocenters. The van der Waals surface area contributed by atoms with E-state index < -0.39 is 0 Å². The van der Waals surface area contributed by atoms with Gasteiger partial charge < -0.3 is 15.0 Å². The third kappa shape index (κ3) is 2.82. The number of imidazole rings is 1. The molecule has 2 rings (SSSR count). The molecule has 0 aliphatic carbocycles. The lowest BCUT2D eigenvalue weighted by Crippen LogP contribution is -2.29. The number of H-pyrrole nitrogens is 1. The monoisotopic (exact) mass is 195 g/mol. The van der Waals surface area contributed by atoms with E-state index in [9.17, 15) is 0 Å². The predicted molar refractivity (Wildman–Crippen MR) is 53.8 cm³/mol. The summed E-state index contributed by atoms with van der Waals surface area (Å²) in [5, 5.41) is 3.38. The van der Waals surface area contributed by atoms with E-state index in [4.69, 9.17) is 4.74 Å². The zero-order chi connectivity index (χ0) is 9.64. The van der Waals surface area contributed by atoms with Crippen LogP contribution in [0.3, 0.4) is 0 Å².